The van der Waals surface area contributed by atoms with Crippen molar-refractivity contribution < 1.29 is 9.53 Å². The molecular weight excluding hydrogens is 474 g/mol. The Morgan fingerprint density at radius 1 is 0.944 bits per heavy atom. The molecule has 0 fully saturated rings. The summed E-state index contributed by atoms with van der Waals surface area (Å²) in [6, 6.07) is 28.3. The molecule has 36 heavy (non-hydrogen) atoms. The molecule has 5 aromatic rings. The van der Waals surface area contributed by atoms with E-state index in [2.05, 4.69) is 10.1 Å². The fourth-order valence-electron chi connectivity index (χ4n) is 3.75. The normalized spacial score (nSPS) is 11.2. The molecule has 0 N–H and O–H groups in total. The molecule has 0 radical (unpaired) electrons. The van der Waals surface area contributed by atoms with Crippen LogP contribution in [0.2, 0.25) is 5.02 Å². The van der Waals surface area contributed by atoms with E-state index >= 15 is 0 Å². The lowest BCUT2D eigenvalue weighted by atomic mass is 10.1. The average Bonchev–Trinajstić information content (AvgIpc) is 2.89. The van der Waals surface area contributed by atoms with E-state index in [9.17, 15) is 9.59 Å². The van der Waals surface area contributed by atoms with Gasteiger partial charge in [0.25, 0.3) is 5.56 Å². The standard InChI is InChI=1S/C29H20ClN3O3/c1-19-7-6-9-21(17-19)29(35)36-26-12-5-2-8-22(26)18-31-33-27(20-13-15-23(30)16-14-20)32-25-11-4-3-10-24(25)28(33)34/h2-18H,1H3. The van der Waals surface area contributed by atoms with Crippen molar-refractivity contribution in [3.63, 3.8) is 0 Å². The minimum atomic E-state index is -0.481. The number of nitrogens with zero attached hydrogens (tertiary/aromatic N) is 3. The summed E-state index contributed by atoms with van der Waals surface area (Å²) in [5.41, 5.74) is 2.85. The molecule has 1 aromatic heterocycles. The second-order valence-electron chi connectivity index (χ2n) is 8.12. The van der Waals surface area contributed by atoms with Crippen LogP contribution in [0, 0.1) is 6.92 Å². The van der Waals surface area contributed by atoms with Crippen molar-refractivity contribution in [2.75, 3.05) is 0 Å². The number of benzene rings is 4. The number of fused-ring (bicyclic) bond motifs is 1. The summed E-state index contributed by atoms with van der Waals surface area (Å²) in [7, 11) is 0. The van der Waals surface area contributed by atoms with Crippen LogP contribution in [0.25, 0.3) is 22.3 Å². The molecule has 5 rings (SSSR count). The number of para-hydroxylation sites is 2. The Kier molecular flexibility index (Phi) is 6.43. The van der Waals surface area contributed by atoms with Gasteiger partial charge in [0, 0.05) is 16.1 Å². The number of aromatic nitrogens is 2. The number of halogens is 1. The van der Waals surface area contributed by atoms with Gasteiger partial charge in [-0.3, -0.25) is 4.79 Å². The molecule has 0 bridgehead atoms. The Labute approximate surface area is 212 Å². The van der Waals surface area contributed by atoms with E-state index in [-0.39, 0.29) is 5.56 Å². The van der Waals surface area contributed by atoms with Crippen LogP contribution in [-0.2, 0) is 0 Å². The van der Waals surface area contributed by atoms with Gasteiger partial charge in [-0.25, -0.2) is 9.78 Å². The van der Waals surface area contributed by atoms with Gasteiger partial charge in [-0.15, -0.1) is 0 Å². The zero-order chi connectivity index (χ0) is 25.1. The summed E-state index contributed by atoms with van der Waals surface area (Å²) in [4.78, 5) is 30.8. The van der Waals surface area contributed by atoms with Crippen LogP contribution >= 0.6 is 11.6 Å². The first-order chi connectivity index (χ1) is 17.5. The molecule has 0 amide bonds. The lowest BCUT2D eigenvalue weighted by Gasteiger charge is -2.10. The number of hydrogen-bond donors (Lipinski definition) is 0. The highest BCUT2D eigenvalue weighted by atomic mass is 35.5. The molecule has 7 heteroatoms. The van der Waals surface area contributed by atoms with Gasteiger partial charge in [0.05, 0.1) is 22.7 Å². The zero-order valence-corrected chi connectivity index (χ0v) is 20.0. The number of carbonyl (C=O) groups is 1. The Bertz CT molecular complexity index is 1670. The summed E-state index contributed by atoms with van der Waals surface area (Å²) in [5, 5.41) is 5.48. The van der Waals surface area contributed by atoms with Crippen LogP contribution in [0.1, 0.15) is 21.5 Å². The number of esters is 1. The van der Waals surface area contributed by atoms with Gasteiger partial charge in [0.2, 0.25) is 0 Å². The van der Waals surface area contributed by atoms with E-state index in [1.807, 2.05) is 19.1 Å². The van der Waals surface area contributed by atoms with Crippen LogP contribution in [0.15, 0.2) is 107 Å². The van der Waals surface area contributed by atoms with Crippen LogP contribution in [0.4, 0.5) is 0 Å². The summed E-state index contributed by atoms with van der Waals surface area (Å²) < 4.78 is 6.90. The maximum absolute atomic E-state index is 13.4. The molecule has 0 unspecified atom stereocenters. The minimum absolute atomic E-state index is 0.322. The van der Waals surface area contributed by atoms with Crippen molar-refractivity contribution in [2.24, 2.45) is 5.10 Å². The first-order valence-corrected chi connectivity index (χ1v) is 11.6. The largest absolute Gasteiger partial charge is 0.422 e. The molecule has 0 saturated carbocycles. The highest BCUT2D eigenvalue weighted by molar-refractivity contribution is 6.30. The van der Waals surface area contributed by atoms with Crippen molar-refractivity contribution in [2.45, 2.75) is 6.92 Å². The van der Waals surface area contributed by atoms with Gasteiger partial charge in [-0.1, -0.05) is 53.6 Å². The van der Waals surface area contributed by atoms with Gasteiger partial charge >= 0.3 is 5.97 Å². The van der Waals surface area contributed by atoms with E-state index in [0.29, 0.717) is 44.2 Å². The molecule has 4 aromatic carbocycles. The number of aryl methyl sites for hydroxylation is 1. The highest BCUT2D eigenvalue weighted by Crippen LogP contribution is 2.22. The topological polar surface area (TPSA) is 73.5 Å². The first-order valence-electron chi connectivity index (χ1n) is 11.2. The zero-order valence-electron chi connectivity index (χ0n) is 19.3. The maximum atomic E-state index is 13.4. The summed E-state index contributed by atoms with van der Waals surface area (Å²) in [6.07, 6.45) is 1.48. The average molecular weight is 494 g/mol. The third kappa shape index (κ3) is 4.80. The smallest absolute Gasteiger partial charge is 0.343 e. The van der Waals surface area contributed by atoms with Gasteiger partial charge in [0.1, 0.15) is 5.75 Å². The van der Waals surface area contributed by atoms with Crippen molar-refractivity contribution in [3.8, 4) is 17.1 Å². The second kappa shape index (κ2) is 9.98. The van der Waals surface area contributed by atoms with Crippen molar-refractivity contribution in [3.05, 3.63) is 129 Å². The fourth-order valence-corrected chi connectivity index (χ4v) is 3.87. The number of hydrogen-bond acceptors (Lipinski definition) is 5. The number of ether oxygens (including phenoxy) is 1. The van der Waals surface area contributed by atoms with E-state index < -0.39 is 5.97 Å². The Morgan fingerprint density at radius 2 is 1.69 bits per heavy atom. The molecule has 6 nitrogen and oxygen atoms in total. The summed E-state index contributed by atoms with van der Waals surface area (Å²) in [6.45, 7) is 1.91. The van der Waals surface area contributed by atoms with Gasteiger partial charge < -0.3 is 4.74 Å². The third-order valence-corrected chi connectivity index (χ3v) is 5.80. The minimum Gasteiger partial charge on any atom is -0.422 e. The monoisotopic (exact) mass is 493 g/mol. The molecule has 0 aliphatic rings. The van der Waals surface area contributed by atoms with Crippen molar-refractivity contribution in [1.29, 1.82) is 0 Å². The predicted molar refractivity (Wildman–Crippen MR) is 142 cm³/mol. The van der Waals surface area contributed by atoms with E-state index in [1.54, 1.807) is 84.9 Å². The maximum Gasteiger partial charge on any atom is 0.343 e. The van der Waals surface area contributed by atoms with Crippen molar-refractivity contribution in [1.82, 2.24) is 9.66 Å². The Hall–Kier alpha value is -4.55. The number of carbonyl (C=O) groups excluding carboxylic acids is 1. The third-order valence-electron chi connectivity index (χ3n) is 5.54. The highest BCUT2D eigenvalue weighted by Gasteiger charge is 2.14. The second-order valence-corrected chi connectivity index (χ2v) is 8.55. The van der Waals surface area contributed by atoms with E-state index in [0.717, 1.165) is 5.56 Å². The first kappa shape index (κ1) is 23.2. The van der Waals surface area contributed by atoms with Crippen molar-refractivity contribution >= 4 is 34.7 Å². The van der Waals surface area contributed by atoms with Crippen LogP contribution in [-0.4, -0.2) is 21.8 Å². The molecule has 0 aliphatic heterocycles. The Balaban J connectivity index is 1.57. The lowest BCUT2D eigenvalue weighted by Crippen LogP contribution is -2.20. The van der Waals surface area contributed by atoms with Crippen LogP contribution < -0.4 is 10.3 Å². The van der Waals surface area contributed by atoms with Crippen LogP contribution in [0.3, 0.4) is 0 Å². The van der Waals surface area contributed by atoms with E-state index in [1.165, 1.54) is 10.9 Å². The summed E-state index contributed by atoms with van der Waals surface area (Å²) in [5.74, 6) is 0.203. The molecule has 176 valence electrons. The molecule has 0 saturated heterocycles. The number of rotatable bonds is 5. The predicted octanol–water partition coefficient (Wildman–Crippen LogP) is 6.13. The quantitative estimate of drug-likeness (QED) is 0.168. The lowest BCUT2D eigenvalue weighted by molar-refractivity contribution is 0.0734. The van der Waals surface area contributed by atoms with Gasteiger partial charge in [0.15, 0.2) is 5.82 Å². The fraction of sp³-hybridized carbons (Fsp3) is 0.0345. The van der Waals surface area contributed by atoms with Gasteiger partial charge in [-0.2, -0.15) is 9.78 Å². The van der Waals surface area contributed by atoms with Crippen LogP contribution in [0.5, 0.6) is 5.75 Å². The van der Waals surface area contributed by atoms with Gasteiger partial charge in [-0.05, 0) is 67.6 Å². The van der Waals surface area contributed by atoms with E-state index in [4.69, 9.17) is 16.3 Å². The molecule has 0 atom stereocenters. The summed E-state index contributed by atoms with van der Waals surface area (Å²) >= 11 is 6.06. The molecule has 0 aliphatic carbocycles. The Morgan fingerprint density at radius 3 is 2.50 bits per heavy atom. The molecule has 0 spiro atoms. The molecular formula is C29H20ClN3O3. The molecule has 1 heterocycles. The SMILES string of the molecule is Cc1cccc(C(=O)Oc2ccccc2C=Nn2c(-c3ccc(Cl)cc3)nc3ccccc3c2=O)c1.